The molecule has 2 aromatic carbocycles. The van der Waals surface area contributed by atoms with Gasteiger partial charge in [-0.05, 0) is 36.4 Å². The van der Waals surface area contributed by atoms with Crippen LogP contribution in [0.25, 0.3) is 0 Å². The summed E-state index contributed by atoms with van der Waals surface area (Å²) in [6, 6.07) is 12.8. The summed E-state index contributed by atoms with van der Waals surface area (Å²) in [6.45, 7) is 0.239. The first-order valence-electron chi connectivity index (χ1n) is 8.13. The van der Waals surface area contributed by atoms with Crippen molar-refractivity contribution in [1.82, 2.24) is 14.8 Å². The van der Waals surface area contributed by atoms with Crippen LogP contribution in [0.4, 0.5) is 4.39 Å². The van der Waals surface area contributed by atoms with Crippen LogP contribution in [-0.2, 0) is 13.7 Å². The van der Waals surface area contributed by atoms with Crippen LogP contribution in [0.2, 0.25) is 0 Å². The van der Waals surface area contributed by atoms with Crippen molar-refractivity contribution in [1.29, 1.82) is 0 Å². The van der Waals surface area contributed by atoms with Gasteiger partial charge in [-0.2, -0.15) is 0 Å². The Morgan fingerprint density at radius 1 is 1.15 bits per heavy atom. The van der Waals surface area contributed by atoms with Gasteiger partial charge in [0.2, 0.25) is 0 Å². The van der Waals surface area contributed by atoms with Gasteiger partial charge in [0.1, 0.15) is 23.9 Å². The summed E-state index contributed by atoms with van der Waals surface area (Å²) in [5.74, 6) is 1.73. The highest BCUT2D eigenvalue weighted by Gasteiger charge is 2.13. The molecule has 0 aliphatic carbocycles. The Balaban J connectivity index is 1.58. The topological polar surface area (TPSA) is 66.2 Å². The maximum atomic E-state index is 12.9. The molecule has 0 aliphatic rings. The fourth-order valence-corrected chi connectivity index (χ4v) is 3.11. The van der Waals surface area contributed by atoms with Crippen molar-refractivity contribution in [2.45, 2.75) is 11.8 Å². The van der Waals surface area contributed by atoms with E-state index in [4.69, 9.17) is 9.47 Å². The lowest BCUT2D eigenvalue weighted by atomic mass is 10.1. The minimum Gasteiger partial charge on any atom is -0.497 e. The normalized spacial score (nSPS) is 10.6. The van der Waals surface area contributed by atoms with Crippen molar-refractivity contribution in [3.63, 3.8) is 0 Å². The fourth-order valence-electron chi connectivity index (χ4n) is 2.28. The van der Waals surface area contributed by atoms with E-state index in [2.05, 4.69) is 10.2 Å². The number of aromatic nitrogens is 3. The number of methoxy groups -OCH3 is 1. The molecule has 3 rings (SSSR count). The molecule has 0 fully saturated rings. The van der Waals surface area contributed by atoms with Gasteiger partial charge in [-0.25, -0.2) is 4.39 Å². The molecule has 0 radical (unpaired) electrons. The molecule has 0 spiro atoms. The molecule has 140 valence electrons. The molecule has 1 aromatic heterocycles. The van der Waals surface area contributed by atoms with E-state index in [0.717, 1.165) is 0 Å². The lowest BCUT2D eigenvalue weighted by Crippen LogP contribution is -2.06. The summed E-state index contributed by atoms with van der Waals surface area (Å²) in [4.78, 5) is 12.2. The highest BCUT2D eigenvalue weighted by Crippen LogP contribution is 2.21. The third-order valence-corrected chi connectivity index (χ3v) is 4.85. The number of halogens is 1. The Hall–Kier alpha value is -2.87. The van der Waals surface area contributed by atoms with Crippen molar-refractivity contribution in [2.75, 3.05) is 12.9 Å². The van der Waals surface area contributed by atoms with Gasteiger partial charge in [-0.3, -0.25) is 4.79 Å². The number of carbonyl (C=O) groups is 1. The zero-order valence-corrected chi connectivity index (χ0v) is 15.7. The van der Waals surface area contributed by atoms with Gasteiger partial charge in [-0.15, -0.1) is 10.2 Å². The van der Waals surface area contributed by atoms with E-state index in [1.54, 1.807) is 17.7 Å². The van der Waals surface area contributed by atoms with Crippen molar-refractivity contribution in [3.05, 3.63) is 65.7 Å². The molecule has 0 atom stereocenters. The maximum absolute atomic E-state index is 12.9. The number of hydrogen-bond acceptors (Lipinski definition) is 6. The van der Waals surface area contributed by atoms with Gasteiger partial charge < -0.3 is 14.0 Å². The van der Waals surface area contributed by atoms with E-state index >= 15 is 0 Å². The molecule has 1 heterocycles. The summed E-state index contributed by atoms with van der Waals surface area (Å²) in [5.41, 5.74) is 0.465. The number of thioether (sulfide) groups is 1. The highest BCUT2D eigenvalue weighted by atomic mass is 32.2. The molecular formula is C19H18FN3O3S. The summed E-state index contributed by atoms with van der Waals surface area (Å²) in [5, 5.41) is 8.82. The van der Waals surface area contributed by atoms with E-state index in [1.165, 1.54) is 36.0 Å². The molecule has 8 heteroatoms. The van der Waals surface area contributed by atoms with Gasteiger partial charge >= 0.3 is 0 Å². The second kappa shape index (κ2) is 8.68. The third kappa shape index (κ3) is 4.85. The molecule has 3 aromatic rings. The Labute approximate surface area is 160 Å². The van der Waals surface area contributed by atoms with Gasteiger partial charge in [0.25, 0.3) is 0 Å². The Bertz CT molecular complexity index is 928. The zero-order valence-electron chi connectivity index (χ0n) is 14.9. The highest BCUT2D eigenvalue weighted by molar-refractivity contribution is 7.99. The van der Waals surface area contributed by atoms with E-state index in [9.17, 15) is 9.18 Å². The van der Waals surface area contributed by atoms with Gasteiger partial charge in [0.05, 0.1) is 12.9 Å². The van der Waals surface area contributed by atoms with Crippen LogP contribution in [-0.4, -0.2) is 33.4 Å². The van der Waals surface area contributed by atoms with Crippen LogP contribution in [0.15, 0.2) is 53.7 Å². The molecule has 0 saturated carbocycles. The molecule has 0 bridgehead atoms. The lowest BCUT2D eigenvalue weighted by Gasteiger charge is -2.08. The second-order valence-corrected chi connectivity index (χ2v) is 6.59. The molecule has 0 unspecified atom stereocenters. The van der Waals surface area contributed by atoms with E-state index in [0.29, 0.717) is 28.0 Å². The van der Waals surface area contributed by atoms with Crippen molar-refractivity contribution in [3.8, 4) is 11.5 Å². The first-order valence-corrected chi connectivity index (χ1v) is 9.12. The Morgan fingerprint density at radius 2 is 1.89 bits per heavy atom. The number of nitrogens with zero attached hydrogens (tertiary/aromatic N) is 3. The average Bonchev–Trinajstić information content (AvgIpc) is 3.05. The molecule has 0 N–H and O–H groups in total. The largest absolute Gasteiger partial charge is 0.497 e. The predicted molar refractivity (Wildman–Crippen MR) is 99.8 cm³/mol. The van der Waals surface area contributed by atoms with Crippen LogP contribution in [0.5, 0.6) is 11.5 Å². The fraction of sp³-hybridized carbons (Fsp3) is 0.211. The van der Waals surface area contributed by atoms with Crippen LogP contribution >= 0.6 is 11.8 Å². The number of benzene rings is 2. The van der Waals surface area contributed by atoms with Gasteiger partial charge in [0, 0.05) is 18.7 Å². The van der Waals surface area contributed by atoms with Gasteiger partial charge in [0.15, 0.2) is 16.8 Å². The van der Waals surface area contributed by atoms with Crippen molar-refractivity contribution < 1.29 is 18.7 Å². The predicted octanol–water partition coefficient (Wildman–Crippen LogP) is 3.52. The number of Topliss-reactive ketones (excluding diaryl/α,β-unsaturated/α-hetero) is 1. The maximum Gasteiger partial charge on any atom is 0.191 e. The van der Waals surface area contributed by atoms with Crippen molar-refractivity contribution >= 4 is 17.5 Å². The molecule has 0 saturated heterocycles. The minimum atomic E-state index is -0.367. The van der Waals surface area contributed by atoms with E-state index < -0.39 is 0 Å². The summed E-state index contributed by atoms with van der Waals surface area (Å²) >= 11 is 1.27. The molecule has 27 heavy (non-hydrogen) atoms. The van der Waals surface area contributed by atoms with Crippen LogP contribution in [0.3, 0.4) is 0 Å². The number of hydrogen-bond donors (Lipinski definition) is 0. The zero-order chi connectivity index (χ0) is 19.2. The summed E-state index contributed by atoms with van der Waals surface area (Å²) in [7, 11) is 3.41. The van der Waals surface area contributed by atoms with E-state index in [-0.39, 0.29) is 24.0 Å². The standard InChI is InChI=1S/C19H18FN3O3S/c1-23-18(11-26-16-5-3-4-15(10-16)25-2)21-22-19(23)27-12-17(24)13-6-8-14(20)9-7-13/h3-10H,11-12H2,1-2H3. The smallest absolute Gasteiger partial charge is 0.191 e. The van der Waals surface area contributed by atoms with Crippen LogP contribution in [0, 0.1) is 5.82 Å². The third-order valence-electron chi connectivity index (χ3n) is 3.83. The average molecular weight is 387 g/mol. The monoisotopic (exact) mass is 387 g/mol. The first-order chi connectivity index (χ1) is 13.1. The first kappa shape index (κ1) is 18.9. The summed E-state index contributed by atoms with van der Waals surface area (Å²) in [6.07, 6.45) is 0. The molecule has 0 aliphatic heterocycles. The Morgan fingerprint density at radius 3 is 2.63 bits per heavy atom. The van der Waals surface area contributed by atoms with Crippen LogP contribution < -0.4 is 9.47 Å². The number of rotatable bonds is 8. The molecule has 6 nitrogen and oxygen atoms in total. The molecule has 0 amide bonds. The SMILES string of the molecule is COc1cccc(OCc2nnc(SCC(=O)c3ccc(F)cc3)n2C)c1. The number of ketones is 1. The number of carbonyl (C=O) groups excluding carboxylic acids is 1. The van der Waals surface area contributed by atoms with Crippen LogP contribution in [0.1, 0.15) is 16.2 Å². The minimum absolute atomic E-state index is 0.0998. The lowest BCUT2D eigenvalue weighted by molar-refractivity contribution is 0.102. The Kier molecular flexibility index (Phi) is 6.08. The summed E-state index contributed by atoms with van der Waals surface area (Å²) < 4.78 is 25.6. The second-order valence-electron chi connectivity index (χ2n) is 5.64. The van der Waals surface area contributed by atoms with Gasteiger partial charge in [-0.1, -0.05) is 17.8 Å². The van der Waals surface area contributed by atoms with Crippen molar-refractivity contribution in [2.24, 2.45) is 7.05 Å². The molecular weight excluding hydrogens is 369 g/mol. The van der Waals surface area contributed by atoms with E-state index in [1.807, 2.05) is 25.2 Å². The number of ether oxygens (including phenoxy) is 2. The quantitative estimate of drug-likeness (QED) is 0.435.